The predicted molar refractivity (Wildman–Crippen MR) is 395 cm³/mol. The second kappa shape index (κ2) is 67.2. The molecule has 576 valence electrons. The highest BCUT2D eigenvalue weighted by atomic mass is 31.2. The third-order valence-corrected chi connectivity index (χ3v) is 20.7. The van der Waals surface area contributed by atoms with Crippen LogP contribution in [0.15, 0.2) is 0 Å². The van der Waals surface area contributed by atoms with Crippen molar-refractivity contribution >= 4 is 39.5 Å². The summed E-state index contributed by atoms with van der Waals surface area (Å²) >= 11 is 0. The van der Waals surface area contributed by atoms with Crippen molar-refractivity contribution < 1.29 is 80.2 Å². The maximum Gasteiger partial charge on any atom is 0.472 e. The van der Waals surface area contributed by atoms with Crippen LogP contribution in [0.2, 0.25) is 0 Å². The molecule has 19 heteroatoms. The van der Waals surface area contributed by atoms with E-state index in [1.807, 2.05) is 0 Å². The average Bonchev–Trinajstić information content (AvgIpc) is 1.25. The van der Waals surface area contributed by atoms with Gasteiger partial charge in [0.25, 0.3) is 0 Å². The number of esters is 4. The number of carbonyl (C=O) groups excluding carboxylic acids is 4. The molecule has 97 heavy (non-hydrogen) atoms. The fourth-order valence-corrected chi connectivity index (χ4v) is 13.4. The van der Waals surface area contributed by atoms with Crippen molar-refractivity contribution in [1.29, 1.82) is 0 Å². The molecule has 3 N–H and O–H groups in total. The number of phosphoric acid groups is 2. The first-order valence-corrected chi connectivity index (χ1v) is 43.3. The molecule has 0 rings (SSSR count). The maximum atomic E-state index is 13.1. The Bertz CT molecular complexity index is 1910. The van der Waals surface area contributed by atoms with Gasteiger partial charge in [-0.05, 0) is 49.4 Å². The van der Waals surface area contributed by atoms with Crippen LogP contribution in [0.25, 0.3) is 0 Å². The normalized spacial score (nSPS) is 14.6. The van der Waals surface area contributed by atoms with E-state index in [1.165, 1.54) is 193 Å². The molecule has 0 bridgehead atoms. The van der Waals surface area contributed by atoms with Crippen LogP contribution in [0.1, 0.15) is 396 Å². The molecule has 4 unspecified atom stereocenters. The number of hydrogen-bond donors (Lipinski definition) is 3. The van der Waals surface area contributed by atoms with Gasteiger partial charge in [-0.1, -0.05) is 344 Å². The maximum absolute atomic E-state index is 13.1. The molecule has 0 saturated carbocycles. The molecular formula is C78H152O17P2. The van der Waals surface area contributed by atoms with Crippen molar-refractivity contribution in [3.63, 3.8) is 0 Å². The largest absolute Gasteiger partial charge is 0.472 e. The van der Waals surface area contributed by atoms with Gasteiger partial charge in [-0.3, -0.25) is 37.3 Å². The SMILES string of the molecule is CCC(C)CCCCCCCCCCCCCCCCC(=O)OC[C@H](COP(=O)(O)OC[C@@H](O)COP(=O)(O)OC[C@@H](COC(=O)CCCCCCCCC(C)CC)OC(=O)CCCCCCCCCCCCCCCCC(C)C)OC(=O)CCCCCCCCCCCC(C)C. The van der Waals surface area contributed by atoms with E-state index in [4.69, 9.17) is 37.0 Å². The summed E-state index contributed by atoms with van der Waals surface area (Å²) < 4.78 is 68.6. The van der Waals surface area contributed by atoms with E-state index in [-0.39, 0.29) is 25.7 Å². The Morgan fingerprint density at radius 3 is 0.732 bits per heavy atom. The summed E-state index contributed by atoms with van der Waals surface area (Å²) in [7, 11) is -9.92. The number of rotatable bonds is 75. The highest BCUT2D eigenvalue weighted by Crippen LogP contribution is 2.45. The molecule has 0 aliphatic carbocycles. The second-order valence-electron chi connectivity index (χ2n) is 29.5. The van der Waals surface area contributed by atoms with E-state index < -0.39 is 97.5 Å². The number of aliphatic hydroxyl groups excluding tert-OH is 1. The summed E-state index contributed by atoms with van der Waals surface area (Å²) in [5, 5.41) is 10.6. The van der Waals surface area contributed by atoms with E-state index >= 15 is 0 Å². The highest BCUT2D eigenvalue weighted by molar-refractivity contribution is 7.47. The Kier molecular flexibility index (Phi) is 65.9. The first-order chi connectivity index (χ1) is 46.7. The Labute approximate surface area is 594 Å². The smallest absolute Gasteiger partial charge is 0.462 e. The topological polar surface area (TPSA) is 237 Å². The molecule has 0 aromatic carbocycles. The summed E-state index contributed by atoms with van der Waals surface area (Å²) in [5.41, 5.74) is 0. The van der Waals surface area contributed by atoms with E-state index in [9.17, 15) is 43.2 Å². The van der Waals surface area contributed by atoms with Gasteiger partial charge in [0.15, 0.2) is 12.2 Å². The van der Waals surface area contributed by atoms with Gasteiger partial charge >= 0.3 is 39.5 Å². The van der Waals surface area contributed by atoms with Gasteiger partial charge < -0.3 is 33.8 Å². The summed E-state index contributed by atoms with van der Waals surface area (Å²) in [6, 6.07) is 0. The van der Waals surface area contributed by atoms with Gasteiger partial charge in [0.1, 0.15) is 19.3 Å². The third kappa shape index (κ3) is 69.5. The second-order valence-corrected chi connectivity index (χ2v) is 32.4. The van der Waals surface area contributed by atoms with Crippen LogP contribution >= 0.6 is 15.6 Å². The van der Waals surface area contributed by atoms with Crippen LogP contribution in [0.3, 0.4) is 0 Å². The Hall–Kier alpha value is -1.94. The Balaban J connectivity index is 5.22. The van der Waals surface area contributed by atoms with E-state index in [1.54, 1.807) is 0 Å². The zero-order chi connectivity index (χ0) is 71.7. The molecule has 7 atom stereocenters. The Morgan fingerprint density at radius 2 is 0.495 bits per heavy atom. The van der Waals surface area contributed by atoms with Crippen molar-refractivity contribution in [2.45, 2.75) is 414 Å². The number of hydrogen-bond acceptors (Lipinski definition) is 15. The number of ether oxygens (including phenoxy) is 4. The molecule has 0 aliphatic heterocycles. The van der Waals surface area contributed by atoms with Gasteiger partial charge in [-0.2, -0.15) is 0 Å². The first kappa shape index (κ1) is 95.1. The summed E-state index contributed by atoms with van der Waals surface area (Å²) in [6.45, 7) is 14.2. The number of carbonyl (C=O) groups is 4. The zero-order valence-corrected chi connectivity index (χ0v) is 65.5. The molecule has 0 amide bonds. The third-order valence-electron chi connectivity index (χ3n) is 18.8. The van der Waals surface area contributed by atoms with Crippen molar-refractivity contribution in [3.8, 4) is 0 Å². The fraction of sp³-hybridized carbons (Fsp3) is 0.949. The number of unbranched alkanes of at least 4 members (excludes halogenated alkanes) is 39. The Morgan fingerprint density at radius 1 is 0.289 bits per heavy atom. The van der Waals surface area contributed by atoms with Gasteiger partial charge in [0.05, 0.1) is 26.4 Å². The average molecular weight is 1420 g/mol. The summed E-state index contributed by atoms with van der Waals surface area (Å²) in [4.78, 5) is 72.9. The molecule has 0 aromatic heterocycles. The quantitative estimate of drug-likeness (QED) is 0.0222. The van der Waals surface area contributed by atoms with Crippen LogP contribution in [0.5, 0.6) is 0 Å². The monoisotopic (exact) mass is 1420 g/mol. The highest BCUT2D eigenvalue weighted by Gasteiger charge is 2.30. The van der Waals surface area contributed by atoms with Gasteiger partial charge in [0.2, 0.25) is 0 Å². The van der Waals surface area contributed by atoms with Crippen LogP contribution in [0, 0.1) is 23.7 Å². The zero-order valence-electron chi connectivity index (χ0n) is 63.7. The summed E-state index contributed by atoms with van der Waals surface area (Å²) in [6.07, 6.45) is 52.7. The van der Waals surface area contributed by atoms with Gasteiger partial charge in [0, 0.05) is 25.7 Å². The first-order valence-electron chi connectivity index (χ1n) is 40.3. The number of phosphoric ester groups is 2. The minimum Gasteiger partial charge on any atom is -0.462 e. The molecule has 0 aromatic rings. The van der Waals surface area contributed by atoms with Crippen molar-refractivity contribution in [1.82, 2.24) is 0 Å². The van der Waals surface area contributed by atoms with E-state index in [2.05, 4.69) is 55.4 Å². The standard InChI is InChI=1S/C78H152O17P2/c1-9-70(7)56-48-40-32-26-20-16-12-14-17-21-27-33-42-50-58-75(80)88-64-73(94-78(83)61-53-45-35-29-23-25-31-39-47-55-69(5)6)66-92-96(84,85)90-62-72(79)63-91-97(86,87)93-67-74(65-89-76(81)59-51-43-37-36-41-49-57-71(8)10-2)95-77(82)60-52-44-34-28-22-18-13-11-15-19-24-30-38-46-54-68(3)4/h68-74,79H,9-67H2,1-8H3,(H,84,85)(H,86,87)/t70?,71?,72-,73-,74-/m1/s1. The van der Waals surface area contributed by atoms with Gasteiger partial charge in [-0.25, -0.2) is 9.13 Å². The lowest BCUT2D eigenvalue weighted by Crippen LogP contribution is -2.30. The fourth-order valence-electron chi connectivity index (χ4n) is 11.8. The van der Waals surface area contributed by atoms with Crippen molar-refractivity contribution in [2.75, 3.05) is 39.6 Å². The van der Waals surface area contributed by atoms with Crippen LogP contribution in [0.4, 0.5) is 0 Å². The predicted octanol–water partition coefficient (Wildman–Crippen LogP) is 22.8. The molecule has 0 heterocycles. The molecule has 0 radical (unpaired) electrons. The minimum atomic E-state index is -4.96. The lowest BCUT2D eigenvalue weighted by atomic mass is 9.99. The molecule has 17 nitrogen and oxygen atoms in total. The minimum absolute atomic E-state index is 0.105. The van der Waals surface area contributed by atoms with Crippen molar-refractivity contribution in [3.05, 3.63) is 0 Å². The molecule has 0 aliphatic rings. The number of aliphatic hydroxyl groups is 1. The van der Waals surface area contributed by atoms with Crippen molar-refractivity contribution in [2.24, 2.45) is 23.7 Å². The van der Waals surface area contributed by atoms with E-state index in [0.29, 0.717) is 25.7 Å². The lowest BCUT2D eigenvalue weighted by Gasteiger charge is -2.21. The van der Waals surface area contributed by atoms with Gasteiger partial charge in [-0.15, -0.1) is 0 Å². The molecule has 0 fully saturated rings. The lowest BCUT2D eigenvalue weighted by molar-refractivity contribution is -0.161. The van der Waals surface area contributed by atoms with E-state index in [0.717, 1.165) is 120 Å². The van der Waals surface area contributed by atoms with Crippen LogP contribution in [-0.2, 0) is 65.4 Å². The molecule has 0 spiro atoms. The summed E-state index contributed by atoms with van der Waals surface area (Å²) in [5.74, 6) is 0.993. The van der Waals surface area contributed by atoms with Crippen LogP contribution in [-0.4, -0.2) is 96.7 Å². The van der Waals surface area contributed by atoms with Crippen LogP contribution < -0.4 is 0 Å². The molecular weight excluding hydrogens is 1270 g/mol. The molecule has 0 saturated heterocycles.